The molecule has 0 aliphatic carbocycles. The zero-order valence-corrected chi connectivity index (χ0v) is 9.35. The Hall–Kier alpha value is -2.17. The van der Waals surface area contributed by atoms with Crippen LogP contribution in [0.3, 0.4) is 0 Å². The van der Waals surface area contributed by atoms with E-state index >= 15 is 0 Å². The first kappa shape index (κ1) is 11.3. The fourth-order valence-electron chi connectivity index (χ4n) is 1.48. The van der Waals surface area contributed by atoms with Crippen LogP contribution in [0.15, 0.2) is 36.5 Å². The summed E-state index contributed by atoms with van der Waals surface area (Å²) in [5.74, 6) is -0.719. The Morgan fingerprint density at radius 2 is 2.29 bits per heavy atom. The minimum absolute atomic E-state index is 0.300. The Morgan fingerprint density at radius 1 is 1.47 bits per heavy atom. The van der Waals surface area contributed by atoms with E-state index in [1.807, 2.05) is 6.07 Å². The molecule has 5 heteroatoms. The lowest BCUT2D eigenvalue weighted by Gasteiger charge is -2.05. The summed E-state index contributed by atoms with van der Waals surface area (Å²) in [6, 6.07) is 7.40. The summed E-state index contributed by atoms with van der Waals surface area (Å²) in [5, 5.41) is 6.69. The van der Waals surface area contributed by atoms with Gasteiger partial charge in [0.15, 0.2) is 0 Å². The number of hydrogen-bond donors (Lipinski definition) is 1. The Balaban J connectivity index is 2.01. The number of carbonyl (C=O) groups excluding carboxylic acids is 1. The van der Waals surface area contributed by atoms with Gasteiger partial charge in [-0.3, -0.25) is 9.48 Å². The molecule has 0 bridgehead atoms. The summed E-state index contributed by atoms with van der Waals surface area (Å²) in [7, 11) is 1.80. The molecule has 1 aromatic heterocycles. The number of amides is 1. The van der Waals surface area contributed by atoms with Crippen LogP contribution in [0.4, 0.5) is 4.39 Å². The average molecular weight is 233 g/mol. The monoisotopic (exact) mass is 233 g/mol. The molecule has 1 aromatic carbocycles. The van der Waals surface area contributed by atoms with Gasteiger partial charge in [0, 0.05) is 18.8 Å². The first-order valence-electron chi connectivity index (χ1n) is 5.17. The van der Waals surface area contributed by atoms with E-state index in [4.69, 9.17) is 0 Å². The molecular weight excluding hydrogens is 221 g/mol. The van der Waals surface area contributed by atoms with Gasteiger partial charge >= 0.3 is 0 Å². The van der Waals surface area contributed by atoms with Crippen molar-refractivity contribution < 1.29 is 9.18 Å². The molecule has 0 unspecified atom stereocenters. The predicted octanol–water partition coefficient (Wildman–Crippen LogP) is 1.49. The third-order valence-corrected chi connectivity index (χ3v) is 2.44. The van der Waals surface area contributed by atoms with Gasteiger partial charge in [-0.25, -0.2) is 4.39 Å². The fourth-order valence-corrected chi connectivity index (χ4v) is 1.48. The molecule has 1 heterocycles. The van der Waals surface area contributed by atoms with Gasteiger partial charge in [0.2, 0.25) is 0 Å². The van der Waals surface area contributed by atoms with E-state index in [9.17, 15) is 9.18 Å². The average Bonchev–Trinajstić information content (AvgIpc) is 2.72. The summed E-state index contributed by atoms with van der Waals surface area (Å²) in [5.41, 5.74) is 1.20. The molecule has 2 aromatic rings. The van der Waals surface area contributed by atoms with Crippen LogP contribution in [-0.4, -0.2) is 15.7 Å². The predicted molar refractivity (Wildman–Crippen MR) is 60.8 cm³/mol. The van der Waals surface area contributed by atoms with Crippen molar-refractivity contribution in [1.29, 1.82) is 0 Å². The van der Waals surface area contributed by atoms with E-state index in [2.05, 4.69) is 10.4 Å². The van der Waals surface area contributed by atoms with Crippen molar-refractivity contribution in [3.05, 3.63) is 53.6 Å². The Labute approximate surface area is 98.1 Å². The number of carbonyl (C=O) groups is 1. The number of hydrogen-bond acceptors (Lipinski definition) is 2. The van der Waals surface area contributed by atoms with Crippen molar-refractivity contribution in [3.8, 4) is 0 Å². The van der Waals surface area contributed by atoms with E-state index in [0.717, 1.165) is 5.69 Å². The highest BCUT2D eigenvalue weighted by Crippen LogP contribution is 2.04. The molecule has 0 radical (unpaired) electrons. The van der Waals surface area contributed by atoms with Gasteiger partial charge in [0.25, 0.3) is 5.91 Å². The number of aromatic nitrogens is 2. The van der Waals surface area contributed by atoms with Crippen LogP contribution >= 0.6 is 0 Å². The molecule has 0 aliphatic heterocycles. The van der Waals surface area contributed by atoms with E-state index in [0.29, 0.717) is 12.1 Å². The van der Waals surface area contributed by atoms with Crippen LogP contribution in [0, 0.1) is 5.82 Å². The minimum Gasteiger partial charge on any atom is -0.346 e. The SMILES string of the molecule is Cn1nccc1CNC(=O)c1cccc(F)c1. The first-order valence-corrected chi connectivity index (χ1v) is 5.17. The largest absolute Gasteiger partial charge is 0.346 e. The molecule has 1 amide bonds. The molecule has 0 saturated heterocycles. The van der Waals surface area contributed by atoms with Crippen LogP contribution in [0.5, 0.6) is 0 Å². The Bertz CT molecular complexity index is 536. The summed E-state index contributed by atoms with van der Waals surface area (Å²) >= 11 is 0. The molecule has 1 N–H and O–H groups in total. The highest BCUT2D eigenvalue weighted by Gasteiger charge is 2.06. The van der Waals surface area contributed by atoms with Gasteiger partial charge in [-0.05, 0) is 24.3 Å². The summed E-state index contributed by atoms with van der Waals surface area (Å²) < 4.78 is 14.6. The van der Waals surface area contributed by atoms with Crippen molar-refractivity contribution in [3.63, 3.8) is 0 Å². The van der Waals surface area contributed by atoms with Gasteiger partial charge in [-0.2, -0.15) is 5.10 Å². The van der Waals surface area contributed by atoms with Crippen LogP contribution in [0.1, 0.15) is 16.1 Å². The Morgan fingerprint density at radius 3 is 2.94 bits per heavy atom. The summed E-state index contributed by atoms with van der Waals surface area (Å²) in [6.45, 7) is 0.367. The van der Waals surface area contributed by atoms with Crippen molar-refractivity contribution in [2.75, 3.05) is 0 Å². The molecule has 0 fully saturated rings. The zero-order chi connectivity index (χ0) is 12.3. The van der Waals surface area contributed by atoms with Gasteiger partial charge in [-0.15, -0.1) is 0 Å². The second kappa shape index (κ2) is 4.78. The number of rotatable bonds is 3. The number of halogens is 1. The lowest BCUT2D eigenvalue weighted by atomic mass is 10.2. The van der Waals surface area contributed by atoms with E-state index in [-0.39, 0.29) is 5.91 Å². The molecule has 0 spiro atoms. The maximum atomic E-state index is 12.9. The molecular formula is C12H12FN3O. The maximum absolute atomic E-state index is 12.9. The smallest absolute Gasteiger partial charge is 0.251 e. The third-order valence-electron chi connectivity index (χ3n) is 2.44. The van der Waals surface area contributed by atoms with Gasteiger partial charge in [0.05, 0.1) is 12.2 Å². The molecule has 0 atom stereocenters. The van der Waals surface area contributed by atoms with E-state index < -0.39 is 5.82 Å². The van der Waals surface area contributed by atoms with Gasteiger partial charge < -0.3 is 5.32 Å². The Kier molecular flexibility index (Phi) is 3.18. The van der Waals surface area contributed by atoms with Crippen molar-refractivity contribution in [2.24, 2.45) is 7.05 Å². The highest BCUT2D eigenvalue weighted by molar-refractivity contribution is 5.94. The van der Waals surface area contributed by atoms with Crippen LogP contribution < -0.4 is 5.32 Å². The number of nitrogens with one attached hydrogen (secondary N) is 1. The number of aryl methyl sites for hydroxylation is 1. The fraction of sp³-hybridized carbons (Fsp3) is 0.167. The van der Waals surface area contributed by atoms with Crippen LogP contribution in [-0.2, 0) is 13.6 Å². The zero-order valence-electron chi connectivity index (χ0n) is 9.35. The van der Waals surface area contributed by atoms with Crippen molar-refractivity contribution >= 4 is 5.91 Å². The molecule has 4 nitrogen and oxygen atoms in total. The number of benzene rings is 1. The normalized spacial score (nSPS) is 10.2. The molecule has 17 heavy (non-hydrogen) atoms. The first-order chi connectivity index (χ1) is 8.16. The van der Waals surface area contributed by atoms with E-state index in [1.54, 1.807) is 24.0 Å². The standard InChI is InChI=1S/C12H12FN3O/c1-16-11(5-6-15-16)8-14-12(17)9-3-2-4-10(13)7-9/h2-7H,8H2,1H3,(H,14,17). The lowest BCUT2D eigenvalue weighted by Crippen LogP contribution is -2.24. The van der Waals surface area contributed by atoms with Gasteiger partial charge in [-0.1, -0.05) is 6.07 Å². The summed E-state index contributed by atoms with van der Waals surface area (Å²) in [6.07, 6.45) is 1.66. The maximum Gasteiger partial charge on any atom is 0.251 e. The molecule has 0 aliphatic rings. The van der Waals surface area contributed by atoms with Crippen LogP contribution in [0.2, 0.25) is 0 Å². The third kappa shape index (κ3) is 2.69. The number of nitrogens with zero attached hydrogens (tertiary/aromatic N) is 2. The van der Waals surface area contributed by atoms with Gasteiger partial charge in [0.1, 0.15) is 5.82 Å². The highest BCUT2D eigenvalue weighted by atomic mass is 19.1. The minimum atomic E-state index is -0.418. The molecule has 88 valence electrons. The van der Waals surface area contributed by atoms with Crippen molar-refractivity contribution in [1.82, 2.24) is 15.1 Å². The lowest BCUT2D eigenvalue weighted by molar-refractivity contribution is 0.0949. The second-order valence-electron chi connectivity index (χ2n) is 3.64. The second-order valence-corrected chi connectivity index (χ2v) is 3.64. The van der Waals surface area contributed by atoms with Crippen LogP contribution in [0.25, 0.3) is 0 Å². The molecule has 2 rings (SSSR count). The van der Waals surface area contributed by atoms with Crippen molar-refractivity contribution in [2.45, 2.75) is 6.54 Å². The molecule has 0 saturated carbocycles. The quantitative estimate of drug-likeness (QED) is 0.873. The van der Waals surface area contributed by atoms with E-state index in [1.165, 1.54) is 18.2 Å². The summed E-state index contributed by atoms with van der Waals surface area (Å²) in [4.78, 5) is 11.7. The topological polar surface area (TPSA) is 46.9 Å².